The van der Waals surface area contributed by atoms with Gasteiger partial charge in [-0.25, -0.2) is 8.51 Å². The monoisotopic (exact) mass is 400 g/mol. The second-order valence-corrected chi connectivity index (χ2v) is 8.86. The third kappa shape index (κ3) is 3.26. The van der Waals surface area contributed by atoms with Gasteiger partial charge in [-0.05, 0) is 53.6 Å². The summed E-state index contributed by atoms with van der Waals surface area (Å²) in [7, 11) is 0. The Bertz CT molecular complexity index is 1060. The SMILES string of the molecule is CC1CCc2c(sc(N(c3ccc4ccccc4c3)S(=O)O)c2C(N)=O)C1. The predicted molar refractivity (Wildman–Crippen MR) is 111 cm³/mol. The van der Waals surface area contributed by atoms with Crippen molar-refractivity contribution in [1.29, 1.82) is 0 Å². The minimum atomic E-state index is -2.33. The summed E-state index contributed by atoms with van der Waals surface area (Å²) in [5, 5.41) is 2.46. The number of thiophene rings is 1. The van der Waals surface area contributed by atoms with E-state index in [2.05, 4.69) is 6.92 Å². The Kier molecular flexibility index (Phi) is 4.75. The van der Waals surface area contributed by atoms with Gasteiger partial charge >= 0.3 is 0 Å². The summed E-state index contributed by atoms with van der Waals surface area (Å²) in [6, 6.07) is 13.4. The topological polar surface area (TPSA) is 83.6 Å². The van der Waals surface area contributed by atoms with Crippen molar-refractivity contribution in [3.8, 4) is 0 Å². The first kappa shape index (κ1) is 18.2. The fourth-order valence-electron chi connectivity index (χ4n) is 3.71. The number of nitrogens with zero attached hydrogens (tertiary/aromatic N) is 1. The van der Waals surface area contributed by atoms with Crippen molar-refractivity contribution in [3.05, 3.63) is 58.5 Å². The number of anilines is 2. The lowest BCUT2D eigenvalue weighted by atomic mass is 9.88. The molecule has 0 fully saturated rings. The van der Waals surface area contributed by atoms with E-state index in [1.807, 2.05) is 36.4 Å². The van der Waals surface area contributed by atoms with Crippen molar-refractivity contribution >= 4 is 50.0 Å². The van der Waals surface area contributed by atoms with Crippen LogP contribution in [0.1, 0.15) is 34.1 Å². The summed E-state index contributed by atoms with van der Waals surface area (Å²) in [6.45, 7) is 2.18. The van der Waals surface area contributed by atoms with Gasteiger partial charge in [-0.3, -0.25) is 9.35 Å². The van der Waals surface area contributed by atoms with Crippen LogP contribution >= 0.6 is 11.3 Å². The molecule has 0 bridgehead atoms. The molecule has 2 aromatic carbocycles. The summed E-state index contributed by atoms with van der Waals surface area (Å²) in [6.07, 6.45) is 2.63. The molecule has 27 heavy (non-hydrogen) atoms. The van der Waals surface area contributed by atoms with Gasteiger partial charge in [-0.2, -0.15) is 0 Å². The molecule has 3 aromatic rings. The minimum Gasteiger partial charge on any atom is -0.365 e. The van der Waals surface area contributed by atoms with E-state index in [4.69, 9.17) is 5.73 Å². The molecule has 1 amide bonds. The second-order valence-electron chi connectivity index (χ2n) is 6.95. The maximum atomic E-state index is 12.3. The summed E-state index contributed by atoms with van der Waals surface area (Å²) in [5.41, 5.74) is 7.57. The van der Waals surface area contributed by atoms with Gasteiger partial charge in [0.15, 0.2) is 0 Å². The van der Waals surface area contributed by atoms with Gasteiger partial charge in [-0.1, -0.05) is 37.3 Å². The van der Waals surface area contributed by atoms with Crippen LogP contribution in [0.15, 0.2) is 42.5 Å². The molecule has 2 atom stereocenters. The molecule has 1 aliphatic carbocycles. The molecule has 0 radical (unpaired) electrons. The second kappa shape index (κ2) is 7.07. The van der Waals surface area contributed by atoms with Crippen molar-refractivity contribution in [2.45, 2.75) is 26.2 Å². The molecule has 0 saturated carbocycles. The number of nitrogens with two attached hydrogens (primary N) is 1. The largest absolute Gasteiger partial charge is 0.365 e. The van der Waals surface area contributed by atoms with Gasteiger partial charge in [-0.15, -0.1) is 11.3 Å². The zero-order valence-corrected chi connectivity index (χ0v) is 16.5. The average molecular weight is 401 g/mol. The quantitative estimate of drug-likeness (QED) is 0.637. The Morgan fingerprint density at radius 3 is 2.70 bits per heavy atom. The first-order chi connectivity index (χ1) is 13.0. The number of benzene rings is 2. The van der Waals surface area contributed by atoms with E-state index < -0.39 is 17.2 Å². The molecule has 1 aromatic heterocycles. The van der Waals surface area contributed by atoms with E-state index in [0.717, 1.165) is 40.5 Å². The Labute approximate surface area is 164 Å². The zero-order chi connectivity index (χ0) is 19.1. The maximum Gasteiger partial charge on any atom is 0.267 e. The van der Waals surface area contributed by atoms with Crippen LogP contribution in [0.5, 0.6) is 0 Å². The van der Waals surface area contributed by atoms with E-state index in [9.17, 15) is 13.6 Å². The molecule has 3 N–H and O–H groups in total. The van der Waals surface area contributed by atoms with Gasteiger partial charge in [0.25, 0.3) is 17.2 Å². The average Bonchev–Trinajstić information content (AvgIpc) is 2.99. The lowest BCUT2D eigenvalue weighted by Crippen LogP contribution is -2.23. The summed E-state index contributed by atoms with van der Waals surface area (Å²) in [4.78, 5) is 13.3. The minimum absolute atomic E-state index is 0.387. The van der Waals surface area contributed by atoms with Crippen LogP contribution in [0.2, 0.25) is 0 Å². The normalized spacial score (nSPS) is 17.5. The van der Waals surface area contributed by atoms with Crippen LogP contribution in [0.4, 0.5) is 10.7 Å². The smallest absolute Gasteiger partial charge is 0.267 e. The molecule has 0 spiro atoms. The highest BCUT2D eigenvalue weighted by molar-refractivity contribution is 7.81. The van der Waals surface area contributed by atoms with Gasteiger partial charge < -0.3 is 5.73 Å². The standard InChI is InChI=1S/C20H20N2O3S2/c1-12-6-9-16-17(10-12)26-20(18(16)19(21)23)22(27(24)25)15-8-7-13-4-2-3-5-14(13)11-15/h2-5,7-8,11-12H,6,9-10H2,1H3,(H2,21,23)(H,24,25). The van der Waals surface area contributed by atoms with Crippen molar-refractivity contribution in [1.82, 2.24) is 0 Å². The van der Waals surface area contributed by atoms with Gasteiger partial charge in [0.05, 0.1) is 11.3 Å². The first-order valence-corrected chi connectivity index (χ1v) is 10.7. The number of fused-ring (bicyclic) bond motifs is 2. The van der Waals surface area contributed by atoms with Gasteiger partial charge in [0, 0.05) is 4.88 Å². The molecule has 0 aliphatic heterocycles. The number of amides is 1. The number of carbonyl (C=O) groups is 1. The molecule has 4 rings (SSSR count). The lowest BCUT2D eigenvalue weighted by Gasteiger charge is -2.20. The number of primary amides is 1. The third-order valence-corrected chi connectivity index (χ3v) is 7.11. The lowest BCUT2D eigenvalue weighted by molar-refractivity contribution is 0.1000. The molecule has 1 heterocycles. The molecule has 2 unspecified atom stereocenters. The molecular weight excluding hydrogens is 380 g/mol. The fourth-order valence-corrected chi connectivity index (χ4v) is 5.99. The zero-order valence-electron chi connectivity index (χ0n) is 14.8. The van der Waals surface area contributed by atoms with E-state index in [1.54, 1.807) is 6.07 Å². The number of hydrogen-bond donors (Lipinski definition) is 2. The van der Waals surface area contributed by atoms with Gasteiger partial charge in [0.1, 0.15) is 5.00 Å². The molecule has 140 valence electrons. The Balaban J connectivity index is 1.89. The molecule has 7 heteroatoms. The summed E-state index contributed by atoms with van der Waals surface area (Å²) >= 11 is -0.924. The highest BCUT2D eigenvalue weighted by Crippen LogP contribution is 2.44. The first-order valence-electron chi connectivity index (χ1n) is 8.80. The van der Waals surface area contributed by atoms with Crippen LogP contribution in [-0.2, 0) is 24.1 Å². The van der Waals surface area contributed by atoms with Crippen molar-refractivity contribution in [2.24, 2.45) is 11.7 Å². The Morgan fingerprint density at radius 2 is 2.00 bits per heavy atom. The molecule has 1 aliphatic rings. The molecule has 0 saturated heterocycles. The van der Waals surface area contributed by atoms with Crippen LogP contribution in [0, 0.1) is 5.92 Å². The predicted octanol–water partition coefficient (Wildman–Crippen LogP) is 4.40. The number of carbonyl (C=O) groups excluding carboxylic acids is 1. The van der Waals surface area contributed by atoms with E-state index >= 15 is 0 Å². The van der Waals surface area contributed by atoms with Gasteiger partial charge in [0.2, 0.25) is 0 Å². The fraction of sp³-hybridized carbons (Fsp3) is 0.250. The number of rotatable bonds is 4. The van der Waals surface area contributed by atoms with E-state index in [0.29, 0.717) is 22.2 Å². The summed E-state index contributed by atoms with van der Waals surface area (Å²) < 4.78 is 23.6. The number of hydrogen-bond acceptors (Lipinski definition) is 3. The van der Waals surface area contributed by atoms with Crippen molar-refractivity contribution < 1.29 is 13.6 Å². The van der Waals surface area contributed by atoms with Crippen LogP contribution < -0.4 is 10.0 Å². The van der Waals surface area contributed by atoms with Crippen LogP contribution in [-0.4, -0.2) is 14.7 Å². The Morgan fingerprint density at radius 1 is 1.26 bits per heavy atom. The van der Waals surface area contributed by atoms with Crippen molar-refractivity contribution in [3.63, 3.8) is 0 Å². The maximum absolute atomic E-state index is 12.3. The molecular formula is C20H20N2O3S2. The van der Waals surface area contributed by atoms with Crippen LogP contribution in [0.25, 0.3) is 10.8 Å². The summed E-state index contributed by atoms with van der Waals surface area (Å²) in [5.74, 6) is -0.0215. The molecule has 5 nitrogen and oxygen atoms in total. The van der Waals surface area contributed by atoms with E-state index in [-0.39, 0.29) is 0 Å². The van der Waals surface area contributed by atoms with E-state index in [1.165, 1.54) is 15.6 Å². The third-order valence-electron chi connectivity index (χ3n) is 5.05. The Hall–Kier alpha value is -2.22. The van der Waals surface area contributed by atoms with Crippen molar-refractivity contribution in [2.75, 3.05) is 4.31 Å². The highest BCUT2D eigenvalue weighted by atomic mass is 32.2. The van der Waals surface area contributed by atoms with Crippen LogP contribution in [0.3, 0.4) is 0 Å². The highest BCUT2D eigenvalue weighted by Gasteiger charge is 2.31.